The van der Waals surface area contributed by atoms with Crippen LogP contribution in [0.1, 0.15) is 47.5 Å². The predicted octanol–water partition coefficient (Wildman–Crippen LogP) is 3.02. The highest BCUT2D eigenvalue weighted by Crippen LogP contribution is 2.24. The maximum absolute atomic E-state index is 12.1. The summed E-state index contributed by atoms with van der Waals surface area (Å²) < 4.78 is 5.29. The third kappa shape index (κ3) is 5.84. The first-order valence-electron chi connectivity index (χ1n) is 6.31. The van der Waals surface area contributed by atoms with E-state index in [1.54, 1.807) is 39.8 Å². The van der Waals surface area contributed by atoms with Crippen molar-refractivity contribution in [2.75, 3.05) is 0 Å². The molecular weight excluding hydrogens is 232 g/mol. The number of rotatable bonds is 6. The summed E-state index contributed by atoms with van der Waals surface area (Å²) in [7, 11) is 0. The van der Waals surface area contributed by atoms with Gasteiger partial charge in [-0.05, 0) is 34.1 Å². The van der Waals surface area contributed by atoms with E-state index in [-0.39, 0.29) is 0 Å². The lowest BCUT2D eigenvalue weighted by molar-refractivity contribution is -0.165. The highest BCUT2D eigenvalue weighted by atomic mass is 16.6. The third-order valence-corrected chi connectivity index (χ3v) is 2.43. The van der Waals surface area contributed by atoms with Gasteiger partial charge in [-0.2, -0.15) is 0 Å². The Kier molecular flexibility index (Phi) is 6.66. The van der Waals surface area contributed by atoms with Gasteiger partial charge in [0.05, 0.1) is 11.8 Å². The number of carbonyl (C=O) groups is 2. The monoisotopic (exact) mass is 256 g/mol. The van der Waals surface area contributed by atoms with Crippen LogP contribution in [0.5, 0.6) is 0 Å². The molecule has 0 aromatic heterocycles. The second kappa shape index (κ2) is 7.19. The Morgan fingerprint density at radius 3 is 2.22 bits per heavy atom. The minimum absolute atomic E-state index is 0.435. The van der Waals surface area contributed by atoms with Crippen molar-refractivity contribution in [2.24, 2.45) is 11.8 Å². The lowest BCUT2D eigenvalue weighted by Gasteiger charge is -2.26. The molecule has 2 atom stereocenters. The molecule has 104 valence electrons. The molecule has 4 heteroatoms. The second-order valence-electron chi connectivity index (χ2n) is 5.32. The van der Waals surface area contributed by atoms with Crippen molar-refractivity contribution in [3.05, 3.63) is 12.2 Å². The van der Waals surface area contributed by atoms with Crippen molar-refractivity contribution < 1.29 is 19.4 Å². The maximum atomic E-state index is 12.1. The van der Waals surface area contributed by atoms with Crippen LogP contribution in [-0.2, 0) is 14.3 Å². The van der Waals surface area contributed by atoms with E-state index in [4.69, 9.17) is 4.74 Å². The Hall–Kier alpha value is -1.32. The lowest BCUT2D eigenvalue weighted by Crippen LogP contribution is -2.34. The number of allylic oxidation sites excluding steroid dienone is 1. The number of carboxylic acid groups (broad SMARTS) is 1. The molecule has 0 aliphatic rings. The summed E-state index contributed by atoms with van der Waals surface area (Å²) in [5.74, 6) is -2.86. The zero-order valence-corrected chi connectivity index (χ0v) is 11.9. The van der Waals surface area contributed by atoms with Gasteiger partial charge < -0.3 is 9.84 Å². The maximum Gasteiger partial charge on any atom is 0.311 e. The van der Waals surface area contributed by atoms with Gasteiger partial charge >= 0.3 is 11.9 Å². The molecule has 0 bridgehead atoms. The molecule has 0 unspecified atom stereocenters. The van der Waals surface area contributed by atoms with Crippen LogP contribution in [0.2, 0.25) is 0 Å². The molecule has 0 aromatic carbocycles. The molecule has 4 nitrogen and oxygen atoms in total. The molecule has 0 aliphatic heterocycles. The Balaban J connectivity index is 5.02. The summed E-state index contributed by atoms with van der Waals surface area (Å²) in [4.78, 5) is 23.3. The van der Waals surface area contributed by atoms with Crippen molar-refractivity contribution in [1.29, 1.82) is 0 Å². The average Bonchev–Trinajstić information content (AvgIpc) is 2.20. The SMILES string of the molecule is C/C=C/[C@@H](C(=O)O)[C@H](CCC)C(=O)OC(C)(C)C. The van der Waals surface area contributed by atoms with Crippen LogP contribution in [0, 0.1) is 11.8 Å². The molecule has 1 N–H and O–H groups in total. The van der Waals surface area contributed by atoms with Crippen LogP contribution >= 0.6 is 0 Å². The van der Waals surface area contributed by atoms with E-state index in [0.29, 0.717) is 6.42 Å². The van der Waals surface area contributed by atoms with Crippen LogP contribution in [0.3, 0.4) is 0 Å². The van der Waals surface area contributed by atoms with E-state index in [1.165, 1.54) is 0 Å². The largest absolute Gasteiger partial charge is 0.481 e. The fraction of sp³-hybridized carbons (Fsp3) is 0.714. The molecule has 0 heterocycles. The molecule has 0 aliphatic carbocycles. The van der Waals surface area contributed by atoms with Gasteiger partial charge in [0.15, 0.2) is 0 Å². The summed E-state index contributed by atoms with van der Waals surface area (Å²) in [6, 6.07) is 0. The number of carbonyl (C=O) groups excluding carboxylic acids is 1. The molecular formula is C14H24O4. The fourth-order valence-electron chi connectivity index (χ4n) is 1.73. The third-order valence-electron chi connectivity index (χ3n) is 2.43. The lowest BCUT2D eigenvalue weighted by atomic mass is 9.88. The fourth-order valence-corrected chi connectivity index (χ4v) is 1.73. The Morgan fingerprint density at radius 2 is 1.89 bits per heavy atom. The van der Waals surface area contributed by atoms with Crippen LogP contribution in [0.25, 0.3) is 0 Å². The minimum Gasteiger partial charge on any atom is -0.481 e. The highest BCUT2D eigenvalue weighted by molar-refractivity contribution is 5.82. The van der Waals surface area contributed by atoms with Gasteiger partial charge in [-0.1, -0.05) is 25.5 Å². The number of carboxylic acids is 1. The molecule has 0 saturated heterocycles. The van der Waals surface area contributed by atoms with E-state index < -0.39 is 29.4 Å². The zero-order chi connectivity index (χ0) is 14.3. The quantitative estimate of drug-likeness (QED) is 0.586. The van der Waals surface area contributed by atoms with Crippen molar-refractivity contribution in [3.63, 3.8) is 0 Å². The van der Waals surface area contributed by atoms with Gasteiger partial charge in [-0.3, -0.25) is 9.59 Å². The van der Waals surface area contributed by atoms with Gasteiger partial charge in [0.25, 0.3) is 0 Å². The first kappa shape index (κ1) is 16.7. The van der Waals surface area contributed by atoms with Crippen LogP contribution in [0.15, 0.2) is 12.2 Å². The minimum atomic E-state index is -0.989. The first-order chi connectivity index (χ1) is 8.22. The Bertz CT molecular complexity index is 312. The van der Waals surface area contributed by atoms with E-state index in [1.807, 2.05) is 6.92 Å². The Morgan fingerprint density at radius 1 is 1.33 bits per heavy atom. The van der Waals surface area contributed by atoms with Crippen molar-refractivity contribution in [2.45, 2.75) is 53.1 Å². The van der Waals surface area contributed by atoms with Crippen molar-refractivity contribution in [1.82, 2.24) is 0 Å². The topological polar surface area (TPSA) is 63.6 Å². The summed E-state index contributed by atoms with van der Waals surface area (Å²) >= 11 is 0. The standard InChI is InChI=1S/C14H24O4/c1-6-8-10(12(15)16)11(9-7-2)13(17)18-14(3,4)5/h6,8,10-11H,7,9H2,1-5H3,(H,15,16)/b8-6+/t10-,11+/m1/s1. The number of hydrogen-bond donors (Lipinski definition) is 1. The molecule has 18 heavy (non-hydrogen) atoms. The van der Waals surface area contributed by atoms with Crippen LogP contribution in [0.4, 0.5) is 0 Å². The average molecular weight is 256 g/mol. The van der Waals surface area contributed by atoms with Gasteiger partial charge in [-0.25, -0.2) is 0 Å². The van der Waals surface area contributed by atoms with E-state index in [0.717, 1.165) is 6.42 Å². The summed E-state index contributed by atoms with van der Waals surface area (Å²) in [5.41, 5.74) is -0.595. The van der Waals surface area contributed by atoms with Gasteiger partial charge in [-0.15, -0.1) is 0 Å². The van der Waals surface area contributed by atoms with Crippen molar-refractivity contribution in [3.8, 4) is 0 Å². The number of aliphatic carboxylic acids is 1. The number of ether oxygens (including phenoxy) is 1. The molecule has 0 saturated carbocycles. The highest BCUT2D eigenvalue weighted by Gasteiger charge is 2.34. The van der Waals surface area contributed by atoms with E-state index in [2.05, 4.69) is 0 Å². The number of esters is 1. The van der Waals surface area contributed by atoms with Gasteiger partial charge in [0.1, 0.15) is 5.60 Å². The zero-order valence-electron chi connectivity index (χ0n) is 11.9. The first-order valence-corrected chi connectivity index (χ1v) is 6.31. The smallest absolute Gasteiger partial charge is 0.311 e. The van der Waals surface area contributed by atoms with E-state index in [9.17, 15) is 14.7 Å². The Labute approximate surface area is 109 Å². The van der Waals surface area contributed by atoms with Crippen LogP contribution in [-0.4, -0.2) is 22.6 Å². The number of hydrogen-bond acceptors (Lipinski definition) is 3. The summed E-state index contributed by atoms with van der Waals surface area (Å²) in [6.07, 6.45) is 4.46. The molecule has 0 radical (unpaired) electrons. The molecule has 0 fully saturated rings. The van der Waals surface area contributed by atoms with Gasteiger partial charge in [0, 0.05) is 0 Å². The summed E-state index contributed by atoms with van der Waals surface area (Å²) in [5, 5.41) is 9.19. The molecule has 0 aromatic rings. The summed E-state index contributed by atoms with van der Waals surface area (Å²) in [6.45, 7) is 9.00. The normalized spacial score (nSPS) is 15.4. The molecule has 0 spiro atoms. The predicted molar refractivity (Wildman–Crippen MR) is 70.2 cm³/mol. The van der Waals surface area contributed by atoms with Crippen molar-refractivity contribution >= 4 is 11.9 Å². The van der Waals surface area contributed by atoms with E-state index >= 15 is 0 Å². The van der Waals surface area contributed by atoms with Gasteiger partial charge in [0.2, 0.25) is 0 Å². The molecule has 0 amide bonds. The second-order valence-corrected chi connectivity index (χ2v) is 5.32. The molecule has 0 rings (SSSR count). The van der Waals surface area contributed by atoms with Crippen LogP contribution < -0.4 is 0 Å².